The molecule has 0 spiro atoms. The Labute approximate surface area is 74.0 Å². The van der Waals surface area contributed by atoms with Crippen molar-refractivity contribution in [2.75, 3.05) is 0 Å². The highest BCUT2D eigenvalue weighted by Crippen LogP contribution is 2.30. The summed E-state index contributed by atoms with van der Waals surface area (Å²) in [4.78, 5) is 0. The molecule has 0 aromatic rings. The largest absolute Gasteiger partial charge is 0.423 e. The molecule has 70 valence electrons. The summed E-state index contributed by atoms with van der Waals surface area (Å²) in [5.41, 5.74) is 0. The molecule has 0 rings (SSSR count). The fourth-order valence-electron chi connectivity index (χ4n) is 0.402. The first-order chi connectivity index (χ1) is 5.60. The van der Waals surface area contributed by atoms with Gasteiger partial charge in [0.25, 0.3) is 0 Å². The van der Waals surface area contributed by atoms with Crippen LogP contribution in [0.2, 0.25) is 0 Å². The van der Waals surface area contributed by atoms with Crippen molar-refractivity contribution in [2.45, 2.75) is 27.7 Å². The van der Waals surface area contributed by atoms with Gasteiger partial charge in [0.1, 0.15) is 0 Å². The molecule has 0 saturated carbocycles. The summed E-state index contributed by atoms with van der Waals surface area (Å²) in [6.45, 7) is 7.09. The quantitative estimate of drug-likeness (QED) is 0.504. The monoisotopic (exact) mass is 190 g/mol. The van der Waals surface area contributed by atoms with Gasteiger partial charge < -0.3 is 9.05 Å². The molecule has 0 fully saturated rings. The smallest absolute Gasteiger partial charge is 0.418 e. The summed E-state index contributed by atoms with van der Waals surface area (Å²) in [5, 5.41) is 0. The maximum atomic E-state index is 11.0. The fraction of sp³-hybridized carbons (Fsp3) is 0.500. The van der Waals surface area contributed by atoms with E-state index in [1.807, 2.05) is 13.8 Å². The molecule has 0 aliphatic carbocycles. The topological polar surface area (TPSA) is 35.5 Å². The van der Waals surface area contributed by atoms with E-state index in [2.05, 4.69) is 0 Å². The number of hydrogen-bond acceptors (Lipinski definition) is 3. The van der Waals surface area contributed by atoms with Crippen LogP contribution in [-0.4, -0.2) is 0 Å². The Balaban J connectivity index is 3.91. The maximum Gasteiger partial charge on any atom is 0.418 e. The molecule has 0 unspecified atom stereocenters. The van der Waals surface area contributed by atoms with Gasteiger partial charge in [-0.25, -0.2) is 4.57 Å². The predicted molar refractivity (Wildman–Crippen MR) is 50.0 cm³/mol. The van der Waals surface area contributed by atoms with Crippen LogP contribution in [-0.2, 0) is 13.6 Å². The average Bonchev–Trinajstić information content (AvgIpc) is 2.03. The molecule has 0 N–H and O–H groups in total. The molecule has 0 saturated heterocycles. The second-order valence-electron chi connectivity index (χ2n) is 2.25. The zero-order valence-electron chi connectivity index (χ0n) is 7.88. The van der Waals surface area contributed by atoms with E-state index in [1.165, 1.54) is 0 Å². The third-order valence-corrected chi connectivity index (χ3v) is 2.28. The van der Waals surface area contributed by atoms with Gasteiger partial charge in [-0.15, -0.1) is 0 Å². The molecule has 0 bridgehead atoms. The van der Waals surface area contributed by atoms with Crippen molar-refractivity contribution >= 4 is 8.25 Å². The summed E-state index contributed by atoms with van der Waals surface area (Å²) in [6.07, 6.45) is 3.47. The molecule has 12 heavy (non-hydrogen) atoms. The first kappa shape index (κ1) is 11.3. The van der Waals surface area contributed by atoms with Crippen LogP contribution in [0.25, 0.3) is 0 Å². The second kappa shape index (κ2) is 5.90. The van der Waals surface area contributed by atoms with E-state index in [4.69, 9.17) is 9.05 Å². The minimum Gasteiger partial charge on any atom is -0.423 e. The van der Waals surface area contributed by atoms with Gasteiger partial charge in [0.2, 0.25) is 0 Å². The van der Waals surface area contributed by atoms with E-state index < -0.39 is 8.25 Å². The van der Waals surface area contributed by atoms with Crippen molar-refractivity contribution in [1.29, 1.82) is 0 Å². The molecular weight excluding hydrogens is 175 g/mol. The summed E-state index contributed by atoms with van der Waals surface area (Å²) >= 11 is 0. The highest BCUT2D eigenvalue weighted by Gasteiger charge is 2.00. The van der Waals surface area contributed by atoms with Gasteiger partial charge in [-0.2, -0.15) is 0 Å². The van der Waals surface area contributed by atoms with Crippen LogP contribution in [0.4, 0.5) is 0 Å². The van der Waals surface area contributed by atoms with Gasteiger partial charge in [0, 0.05) is 0 Å². The van der Waals surface area contributed by atoms with Crippen molar-refractivity contribution < 1.29 is 13.6 Å². The average molecular weight is 190 g/mol. The first-order valence-electron chi connectivity index (χ1n) is 3.75. The summed E-state index contributed by atoms with van der Waals surface area (Å²) in [7, 11) is -2.40. The van der Waals surface area contributed by atoms with E-state index in [9.17, 15) is 4.57 Å². The molecule has 0 aliphatic heterocycles. The van der Waals surface area contributed by atoms with Gasteiger partial charge in [0.15, 0.2) is 0 Å². The summed E-state index contributed by atoms with van der Waals surface area (Å²) in [6, 6.07) is 0. The number of hydrogen-bond donors (Lipinski definition) is 0. The zero-order chi connectivity index (χ0) is 9.56. The number of rotatable bonds is 4. The molecule has 4 heteroatoms. The van der Waals surface area contributed by atoms with Crippen LogP contribution in [0.1, 0.15) is 27.7 Å². The highest BCUT2D eigenvalue weighted by atomic mass is 31.1. The highest BCUT2D eigenvalue weighted by molar-refractivity contribution is 7.33. The van der Waals surface area contributed by atoms with Crippen LogP contribution in [0.15, 0.2) is 23.7 Å². The second-order valence-corrected chi connectivity index (χ2v) is 3.16. The van der Waals surface area contributed by atoms with Gasteiger partial charge >= 0.3 is 8.25 Å². The molecule has 0 aromatic carbocycles. The molecular formula is C8H15O3P. The van der Waals surface area contributed by atoms with Crippen molar-refractivity contribution in [3.8, 4) is 0 Å². The SMILES string of the molecule is C/C=C(\C)O[PH](=O)O/C(C)=C/C. The van der Waals surface area contributed by atoms with E-state index in [1.54, 1.807) is 26.0 Å². The Morgan fingerprint density at radius 1 is 1.08 bits per heavy atom. The molecule has 0 heterocycles. The van der Waals surface area contributed by atoms with E-state index in [-0.39, 0.29) is 0 Å². The molecule has 0 aliphatic rings. The first-order valence-corrected chi connectivity index (χ1v) is 4.98. The minimum absolute atomic E-state index is 0.614. The summed E-state index contributed by atoms with van der Waals surface area (Å²) < 4.78 is 20.9. The maximum absolute atomic E-state index is 11.0. The van der Waals surface area contributed by atoms with Crippen molar-refractivity contribution in [1.82, 2.24) is 0 Å². The van der Waals surface area contributed by atoms with E-state index in [0.29, 0.717) is 11.5 Å². The fourth-order valence-corrected chi connectivity index (χ4v) is 1.20. The van der Waals surface area contributed by atoms with E-state index in [0.717, 1.165) is 0 Å². The molecule has 0 amide bonds. The standard InChI is InChI=1S/C8H15O3P/c1-5-7(3)10-12(9)11-8(4)6-2/h5-6,12H,1-4H3/b7-5+,8-6+. The Kier molecular flexibility index (Phi) is 5.56. The minimum atomic E-state index is -2.40. The van der Waals surface area contributed by atoms with Crippen LogP contribution in [0.3, 0.4) is 0 Å². The van der Waals surface area contributed by atoms with Crippen LogP contribution in [0, 0.1) is 0 Å². The third kappa shape index (κ3) is 5.03. The van der Waals surface area contributed by atoms with Crippen LogP contribution < -0.4 is 0 Å². The van der Waals surface area contributed by atoms with E-state index >= 15 is 0 Å². The Morgan fingerprint density at radius 2 is 1.42 bits per heavy atom. The lowest BCUT2D eigenvalue weighted by Crippen LogP contribution is -1.81. The molecule has 3 nitrogen and oxygen atoms in total. The number of allylic oxidation sites excluding steroid dienone is 4. The molecule has 0 atom stereocenters. The predicted octanol–water partition coefficient (Wildman–Crippen LogP) is 3.26. The van der Waals surface area contributed by atoms with Crippen molar-refractivity contribution in [3.05, 3.63) is 23.7 Å². The lowest BCUT2D eigenvalue weighted by Gasteiger charge is -2.07. The third-order valence-electron chi connectivity index (χ3n) is 1.30. The summed E-state index contributed by atoms with van der Waals surface area (Å²) in [5.74, 6) is 1.23. The van der Waals surface area contributed by atoms with Gasteiger partial charge in [-0.05, 0) is 39.8 Å². The Bertz CT molecular complexity index is 196. The van der Waals surface area contributed by atoms with Crippen LogP contribution in [0.5, 0.6) is 0 Å². The normalized spacial score (nSPS) is 15.7. The zero-order valence-corrected chi connectivity index (χ0v) is 8.88. The van der Waals surface area contributed by atoms with Gasteiger partial charge in [-0.3, -0.25) is 0 Å². The van der Waals surface area contributed by atoms with Gasteiger partial charge in [-0.1, -0.05) is 0 Å². The van der Waals surface area contributed by atoms with Crippen molar-refractivity contribution in [3.63, 3.8) is 0 Å². The van der Waals surface area contributed by atoms with Gasteiger partial charge in [0.05, 0.1) is 11.5 Å². The Hall–Kier alpha value is -0.690. The van der Waals surface area contributed by atoms with Crippen molar-refractivity contribution in [2.24, 2.45) is 0 Å². The lowest BCUT2D eigenvalue weighted by molar-refractivity contribution is 0.316. The molecule has 0 aromatic heterocycles. The Morgan fingerprint density at radius 3 is 1.67 bits per heavy atom. The van der Waals surface area contributed by atoms with Crippen LogP contribution >= 0.6 is 8.25 Å². The molecule has 0 radical (unpaired) electrons. The lowest BCUT2D eigenvalue weighted by atomic mass is 10.5.